The molecule has 12 heteroatoms. The Kier molecular flexibility index (Phi) is 91.9. The van der Waals surface area contributed by atoms with E-state index in [1.807, 2.05) is 0 Å². The minimum Gasteiger partial charge on any atom is -0.382 e. The van der Waals surface area contributed by atoms with E-state index in [-0.39, 0.29) is 38.5 Å². The van der Waals surface area contributed by atoms with Crippen LogP contribution in [0.2, 0.25) is 0 Å². The smallest absolute Gasteiger partial charge is 0.189 e. The largest absolute Gasteiger partial charge is 0.382 e. The standard InChI is InChI=1S/C55H104O6.C53H100O6/c1-4-7-10-13-16-19-22-25-27-30-33-36-39-42-45-48-51(57)54(60)55(61,52(58)49-46-43-40-37-34-31-28-26-23-20-17-14-11-8-5-2)53(59)50(56)47-44-41-38-35-32-29-24-21-18-15-12-9-6-3;1-4-7-10-13-16-19-22-25-26-29-32-35-38-41-44-47-50(56)53(59,51(57)48(54)45-42-39-36-33-30-27-23-20-17-14-11-8-5-2)52(58)49(55)46-43-40-37-34-31-28-24-21-18-15-12-9-6-3/h26,28,53-54,59-61H,4-25,27,29-49H2,1-3H3;25-26,51-52,57-59H,4-24,27-47H2,1-3H3. The highest BCUT2D eigenvalue weighted by Gasteiger charge is 2.55. The predicted molar refractivity (Wildman–Crippen MR) is 513 cm³/mol. The molecule has 0 amide bonds. The number of aliphatic hydroxyl groups excluding tert-OH is 4. The Morgan fingerprint density at radius 3 is 0.417 bits per heavy atom. The fraction of sp³-hybridized carbons (Fsp3) is 0.907. The number of hydrogen-bond acceptors (Lipinski definition) is 12. The number of hydrogen-bond donors (Lipinski definition) is 6. The van der Waals surface area contributed by atoms with Gasteiger partial charge in [-0.2, -0.15) is 0 Å². The third-order valence-electron chi connectivity index (χ3n) is 25.7. The lowest BCUT2D eigenvalue weighted by Crippen LogP contribution is -2.63. The van der Waals surface area contributed by atoms with Gasteiger partial charge in [0.15, 0.2) is 70.3 Å². The Labute approximate surface area is 743 Å². The van der Waals surface area contributed by atoms with Crippen LogP contribution in [0.4, 0.5) is 0 Å². The summed E-state index contributed by atoms with van der Waals surface area (Å²) in [7, 11) is 0. The van der Waals surface area contributed by atoms with Crippen molar-refractivity contribution >= 4 is 34.7 Å². The number of carbonyl (C=O) groups is 6. The van der Waals surface area contributed by atoms with Gasteiger partial charge < -0.3 is 30.6 Å². The van der Waals surface area contributed by atoms with E-state index >= 15 is 0 Å². The van der Waals surface area contributed by atoms with Crippen LogP contribution in [-0.4, -0.2) is 101 Å². The number of allylic oxidation sites excluding steroid dienone is 4. The molecule has 0 aliphatic carbocycles. The molecule has 0 heterocycles. The number of carbonyl (C=O) groups excluding carboxylic acids is 6. The molecular weight excluding hydrogens is 1490 g/mol. The van der Waals surface area contributed by atoms with Crippen LogP contribution in [0.1, 0.15) is 594 Å². The molecule has 0 radical (unpaired) electrons. The Bertz CT molecular complexity index is 2250. The Morgan fingerprint density at radius 1 is 0.175 bits per heavy atom. The topological polar surface area (TPSA) is 224 Å². The molecule has 120 heavy (non-hydrogen) atoms. The van der Waals surface area contributed by atoms with Gasteiger partial charge in [0.1, 0.15) is 0 Å². The van der Waals surface area contributed by atoms with Crippen molar-refractivity contribution in [3.05, 3.63) is 24.3 Å². The maximum atomic E-state index is 13.6. The van der Waals surface area contributed by atoms with Gasteiger partial charge in [0.25, 0.3) is 0 Å². The van der Waals surface area contributed by atoms with Crippen molar-refractivity contribution in [3.63, 3.8) is 0 Å². The molecule has 708 valence electrons. The number of unbranched alkanes of at least 4 members (excludes halogenated alkanes) is 72. The molecule has 5 atom stereocenters. The zero-order chi connectivity index (χ0) is 88.4. The molecule has 0 aromatic rings. The quantitative estimate of drug-likeness (QED) is 0.0247. The summed E-state index contributed by atoms with van der Waals surface area (Å²) in [6.07, 6.45) is 92.9. The van der Waals surface area contributed by atoms with E-state index < -0.39 is 70.3 Å². The second-order valence-corrected chi connectivity index (χ2v) is 37.3. The van der Waals surface area contributed by atoms with Crippen LogP contribution in [0.5, 0.6) is 0 Å². The first-order chi connectivity index (χ1) is 58.5. The molecule has 0 aromatic heterocycles. The average molecular weight is 1690 g/mol. The fourth-order valence-electron chi connectivity index (χ4n) is 17.2. The summed E-state index contributed by atoms with van der Waals surface area (Å²) in [5, 5.41) is 68.2. The van der Waals surface area contributed by atoms with Crippen LogP contribution >= 0.6 is 0 Å². The Morgan fingerprint density at radius 2 is 0.283 bits per heavy atom. The van der Waals surface area contributed by atoms with Gasteiger partial charge in [-0.3, -0.25) is 28.8 Å². The molecule has 5 unspecified atom stereocenters. The van der Waals surface area contributed by atoms with E-state index in [1.165, 1.54) is 321 Å². The summed E-state index contributed by atoms with van der Waals surface area (Å²) in [4.78, 5) is 80.2. The van der Waals surface area contributed by atoms with Gasteiger partial charge in [-0.15, -0.1) is 0 Å². The van der Waals surface area contributed by atoms with Crippen LogP contribution in [0.15, 0.2) is 24.3 Å². The first-order valence-electron chi connectivity index (χ1n) is 53.2. The van der Waals surface area contributed by atoms with Gasteiger partial charge in [0, 0.05) is 38.5 Å². The van der Waals surface area contributed by atoms with Crippen LogP contribution in [0.25, 0.3) is 0 Å². The van der Waals surface area contributed by atoms with Crippen molar-refractivity contribution < 1.29 is 59.4 Å². The summed E-state index contributed by atoms with van der Waals surface area (Å²) in [5.41, 5.74) is -5.61. The average Bonchev–Trinajstić information content (AvgIpc) is 0.791. The van der Waals surface area contributed by atoms with Crippen molar-refractivity contribution in [2.75, 3.05) is 0 Å². The summed E-state index contributed by atoms with van der Waals surface area (Å²) in [5.74, 6) is -4.26. The summed E-state index contributed by atoms with van der Waals surface area (Å²) in [6.45, 7) is 13.5. The minimum absolute atomic E-state index is 0.0156. The third kappa shape index (κ3) is 71.3. The lowest BCUT2D eigenvalue weighted by Gasteiger charge is -2.34. The van der Waals surface area contributed by atoms with E-state index in [1.54, 1.807) is 0 Å². The van der Waals surface area contributed by atoms with Gasteiger partial charge in [-0.05, 0) is 89.9 Å². The second-order valence-electron chi connectivity index (χ2n) is 37.3. The lowest BCUT2D eigenvalue weighted by atomic mass is 9.78. The molecule has 0 aliphatic rings. The molecule has 0 spiro atoms. The minimum atomic E-state index is -2.80. The van der Waals surface area contributed by atoms with E-state index in [0.717, 1.165) is 154 Å². The van der Waals surface area contributed by atoms with Gasteiger partial charge >= 0.3 is 0 Å². The third-order valence-corrected chi connectivity index (χ3v) is 25.7. The highest BCUT2D eigenvalue weighted by molar-refractivity contribution is 6.02. The first-order valence-corrected chi connectivity index (χ1v) is 53.2. The maximum Gasteiger partial charge on any atom is 0.189 e. The zero-order valence-corrected chi connectivity index (χ0v) is 80.6. The molecular formula is C108H204O12. The normalized spacial score (nSPS) is 13.8. The molecule has 0 saturated carbocycles. The van der Waals surface area contributed by atoms with E-state index in [0.29, 0.717) is 38.5 Å². The van der Waals surface area contributed by atoms with E-state index in [9.17, 15) is 59.4 Å². The van der Waals surface area contributed by atoms with Crippen molar-refractivity contribution in [1.29, 1.82) is 0 Å². The number of rotatable bonds is 98. The van der Waals surface area contributed by atoms with Gasteiger partial charge in [0.05, 0.1) is 0 Å². The summed E-state index contributed by atoms with van der Waals surface area (Å²) in [6, 6.07) is 0. The monoisotopic (exact) mass is 1690 g/mol. The first kappa shape index (κ1) is 119. The van der Waals surface area contributed by atoms with Crippen molar-refractivity contribution in [1.82, 2.24) is 0 Å². The molecule has 0 aliphatic heterocycles. The van der Waals surface area contributed by atoms with Gasteiger partial charge in [-0.1, -0.05) is 490 Å². The molecule has 0 fully saturated rings. The maximum absolute atomic E-state index is 13.6. The fourth-order valence-corrected chi connectivity index (χ4v) is 17.2. The van der Waals surface area contributed by atoms with Gasteiger partial charge in [0.2, 0.25) is 0 Å². The van der Waals surface area contributed by atoms with Crippen LogP contribution in [0, 0.1) is 0 Å². The molecule has 0 aromatic carbocycles. The predicted octanol–water partition coefficient (Wildman–Crippen LogP) is 31.1. The van der Waals surface area contributed by atoms with E-state index in [4.69, 9.17) is 0 Å². The van der Waals surface area contributed by atoms with Gasteiger partial charge in [-0.25, -0.2) is 0 Å². The van der Waals surface area contributed by atoms with E-state index in [2.05, 4.69) is 65.8 Å². The number of aliphatic hydroxyl groups is 6. The Balaban J connectivity index is 0. The second kappa shape index (κ2) is 92.4. The van der Waals surface area contributed by atoms with Crippen molar-refractivity contribution in [3.8, 4) is 0 Å². The highest BCUT2D eigenvalue weighted by atomic mass is 16.4. The molecule has 0 saturated heterocycles. The van der Waals surface area contributed by atoms with Crippen LogP contribution < -0.4 is 0 Å². The van der Waals surface area contributed by atoms with Crippen molar-refractivity contribution in [2.24, 2.45) is 0 Å². The Hall–Kier alpha value is -2.74. The van der Waals surface area contributed by atoms with Crippen LogP contribution in [0.3, 0.4) is 0 Å². The highest BCUT2D eigenvalue weighted by Crippen LogP contribution is 2.30. The molecule has 0 bridgehead atoms. The summed E-state index contributed by atoms with van der Waals surface area (Å²) < 4.78 is 0. The number of ketones is 6. The summed E-state index contributed by atoms with van der Waals surface area (Å²) >= 11 is 0. The SMILES string of the molecule is CCCCCCCCC=CCCCCCCCC(=O)C(O)(C(O)C(=O)CCCCCCCCCCCCCCC)C(O)C(=O)CCCCCCCCCCCCCCC.CCCCCCCCC=CCCCCCCCC(=O)C(O)(C(O)C(=O)CCCCCCCCCCCCCCC)C(O)C(=O)CCCCCCCCCCCCCCCCC. The van der Waals surface area contributed by atoms with Crippen LogP contribution in [-0.2, 0) is 28.8 Å². The zero-order valence-electron chi connectivity index (χ0n) is 80.6. The molecule has 6 N–H and O–H groups in total. The molecule has 12 nitrogen and oxygen atoms in total. The van der Waals surface area contributed by atoms with Crippen molar-refractivity contribution in [2.45, 2.75) is 629 Å². The molecule has 0 rings (SSSR count). The number of Topliss-reactive ketones (excluding diaryl/α,β-unsaturated/α-hetero) is 6. The lowest BCUT2D eigenvalue weighted by molar-refractivity contribution is -0.181.